The predicted molar refractivity (Wildman–Crippen MR) is 132 cm³/mol. The number of amides is 1. The third-order valence-corrected chi connectivity index (χ3v) is 6.69. The Morgan fingerprint density at radius 3 is 2.54 bits per heavy atom. The largest absolute Gasteiger partial charge is 0.421 e. The van der Waals surface area contributed by atoms with Crippen LogP contribution in [0.2, 0.25) is 5.02 Å². The maximum absolute atomic E-state index is 15.1. The SMILES string of the molecule is CN1CCN(c2ccc(Nc3ncc(C(F)(F)F)c(Nc4cccc5c4C(=O)NC5)n3)c(Cl)c2F)CC1. The average Bonchev–Trinajstić information content (AvgIpc) is 3.24. The molecule has 0 radical (unpaired) electrons. The standard InChI is InChI=1S/C24H22ClF4N7O/c1-35-7-9-36(10-8-35)17-6-5-16(19(25)20(17)26)33-23-31-12-14(24(27,28)29)21(34-23)32-15-4-2-3-13-11-30-22(37)18(13)15/h2-6,12H,7-11H2,1H3,(H,30,37)(H2,31,32,33,34). The number of aromatic nitrogens is 2. The number of carbonyl (C=O) groups excluding carboxylic acids is 1. The fraction of sp³-hybridized carbons (Fsp3) is 0.292. The molecule has 3 aromatic rings. The molecule has 37 heavy (non-hydrogen) atoms. The van der Waals surface area contributed by atoms with Crippen molar-refractivity contribution < 1.29 is 22.4 Å². The van der Waals surface area contributed by atoms with Crippen LogP contribution in [0.25, 0.3) is 0 Å². The van der Waals surface area contributed by atoms with Gasteiger partial charge in [-0.1, -0.05) is 23.7 Å². The van der Waals surface area contributed by atoms with Crippen molar-refractivity contribution in [3.05, 3.63) is 64.1 Å². The lowest BCUT2D eigenvalue weighted by Gasteiger charge is -2.34. The van der Waals surface area contributed by atoms with Crippen LogP contribution in [0.1, 0.15) is 21.5 Å². The second-order valence-electron chi connectivity index (χ2n) is 8.78. The van der Waals surface area contributed by atoms with Crippen molar-refractivity contribution in [3.63, 3.8) is 0 Å². The van der Waals surface area contributed by atoms with E-state index in [1.54, 1.807) is 18.2 Å². The van der Waals surface area contributed by atoms with Gasteiger partial charge in [0.05, 0.1) is 22.6 Å². The van der Waals surface area contributed by atoms with E-state index in [-0.39, 0.29) is 34.5 Å². The Hall–Kier alpha value is -3.64. The Balaban J connectivity index is 1.45. The van der Waals surface area contributed by atoms with E-state index >= 15 is 4.39 Å². The van der Waals surface area contributed by atoms with Crippen molar-refractivity contribution in [1.29, 1.82) is 0 Å². The Labute approximate surface area is 214 Å². The molecular weight excluding hydrogens is 514 g/mol. The Morgan fingerprint density at radius 2 is 1.81 bits per heavy atom. The summed E-state index contributed by atoms with van der Waals surface area (Å²) in [5.74, 6) is -1.85. The number of fused-ring (bicyclic) bond motifs is 1. The van der Waals surface area contributed by atoms with Crippen LogP contribution in [0.15, 0.2) is 36.5 Å². The summed E-state index contributed by atoms with van der Waals surface area (Å²) in [4.78, 5) is 24.0. The lowest BCUT2D eigenvalue weighted by atomic mass is 10.1. The van der Waals surface area contributed by atoms with Gasteiger partial charge in [0.1, 0.15) is 16.4 Å². The smallest absolute Gasteiger partial charge is 0.367 e. The third-order valence-electron chi connectivity index (χ3n) is 6.32. The lowest BCUT2D eigenvalue weighted by molar-refractivity contribution is -0.137. The summed E-state index contributed by atoms with van der Waals surface area (Å²) >= 11 is 6.28. The van der Waals surface area contributed by atoms with Crippen LogP contribution in [0.5, 0.6) is 0 Å². The van der Waals surface area contributed by atoms with Crippen LogP contribution in [0.3, 0.4) is 0 Å². The number of halogens is 5. The third kappa shape index (κ3) is 4.98. The molecule has 0 atom stereocenters. The van der Waals surface area contributed by atoms with Crippen molar-refractivity contribution in [2.24, 2.45) is 0 Å². The molecule has 8 nitrogen and oxygen atoms in total. The first-order valence-electron chi connectivity index (χ1n) is 11.4. The number of hydrogen-bond acceptors (Lipinski definition) is 7. The number of carbonyl (C=O) groups is 1. The lowest BCUT2D eigenvalue weighted by Crippen LogP contribution is -2.44. The molecule has 0 bridgehead atoms. The van der Waals surface area contributed by atoms with E-state index in [2.05, 4.69) is 30.8 Å². The minimum absolute atomic E-state index is 0.0998. The molecule has 194 valence electrons. The molecule has 2 aliphatic heterocycles. The number of anilines is 5. The monoisotopic (exact) mass is 535 g/mol. The zero-order chi connectivity index (χ0) is 26.3. The number of hydrogen-bond donors (Lipinski definition) is 3. The molecule has 1 amide bonds. The van der Waals surface area contributed by atoms with E-state index in [4.69, 9.17) is 11.6 Å². The van der Waals surface area contributed by atoms with Crippen LogP contribution in [-0.4, -0.2) is 54.0 Å². The number of nitrogens with zero attached hydrogens (tertiary/aromatic N) is 4. The average molecular weight is 536 g/mol. The molecule has 5 rings (SSSR count). The van der Waals surface area contributed by atoms with E-state index in [0.29, 0.717) is 30.5 Å². The molecule has 0 spiro atoms. The Morgan fingerprint density at radius 1 is 1.05 bits per heavy atom. The summed E-state index contributed by atoms with van der Waals surface area (Å²) in [7, 11) is 1.99. The first-order valence-corrected chi connectivity index (χ1v) is 11.8. The number of alkyl halides is 3. The van der Waals surface area contributed by atoms with Gasteiger partial charge >= 0.3 is 6.18 Å². The number of rotatable bonds is 5. The molecule has 1 saturated heterocycles. The molecule has 1 fully saturated rings. The highest BCUT2D eigenvalue weighted by molar-refractivity contribution is 6.33. The summed E-state index contributed by atoms with van der Waals surface area (Å²) in [6, 6.07) is 7.91. The van der Waals surface area contributed by atoms with Crippen molar-refractivity contribution in [2.45, 2.75) is 12.7 Å². The molecule has 3 heterocycles. The Bertz CT molecular complexity index is 1360. The summed E-state index contributed by atoms with van der Waals surface area (Å²) in [5, 5.41) is 7.75. The van der Waals surface area contributed by atoms with Gasteiger partial charge < -0.3 is 25.8 Å². The number of nitrogens with one attached hydrogen (secondary N) is 3. The van der Waals surface area contributed by atoms with Gasteiger partial charge in [0.2, 0.25) is 5.95 Å². The highest BCUT2D eigenvalue weighted by atomic mass is 35.5. The van der Waals surface area contributed by atoms with Gasteiger partial charge in [-0.3, -0.25) is 4.79 Å². The predicted octanol–water partition coefficient (Wildman–Crippen LogP) is 4.77. The molecular formula is C24H22ClF4N7O. The molecule has 2 aromatic carbocycles. The highest BCUT2D eigenvalue weighted by Crippen LogP contribution is 2.38. The first kappa shape index (κ1) is 25.0. The molecule has 13 heteroatoms. The second kappa shape index (κ2) is 9.67. The van der Waals surface area contributed by atoms with E-state index in [1.165, 1.54) is 12.1 Å². The van der Waals surface area contributed by atoms with Crippen LogP contribution in [0, 0.1) is 5.82 Å². The van der Waals surface area contributed by atoms with Gasteiger partial charge in [-0.05, 0) is 30.8 Å². The quantitative estimate of drug-likeness (QED) is 0.406. The summed E-state index contributed by atoms with van der Waals surface area (Å²) in [6.45, 7) is 3.10. The number of likely N-dealkylation sites (N-methyl/N-ethyl adjacent to an activating group) is 1. The van der Waals surface area contributed by atoms with Crippen LogP contribution in [0.4, 0.5) is 46.4 Å². The summed E-state index contributed by atoms with van der Waals surface area (Å²) in [6.07, 6.45) is -4.15. The summed E-state index contributed by atoms with van der Waals surface area (Å²) < 4.78 is 56.3. The number of piperazine rings is 1. The second-order valence-corrected chi connectivity index (χ2v) is 9.15. The van der Waals surface area contributed by atoms with Crippen molar-refractivity contribution in [2.75, 3.05) is 48.8 Å². The van der Waals surface area contributed by atoms with Gasteiger partial charge in [0.25, 0.3) is 5.91 Å². The van der Waals surface area contributed by atoms with E-state index in [9.17, 15) is 18.0 Å². The summed E-state index contributed by atoms with van der Waals surface area (Å²) in [5.41, 5.74) is 0.380. The molecule has 0 saturated carbocycles. The van der Waals surface area contributed by atoms with Gasteiger partial charge in [-0.2, -0.15) is 18.2 Å². The van der Waals surface area contributed by atoms with Gasteiger partial charge in [0.15, 0.2) is 5.82 Å². The minimum atomic E-state index is -4.77. The zero-order valence-electron chi connectivity index (χ0n) is 19.6. The molecule has 1 aromatic heterocycles. The van der Waals surface area contributed by atoms with Gasteiger partial charge in [0, 0.05) is 38.9 Å². The first-order chi connectivity index (χ1) is 17.6. The number of benzene rings is 2. The van der Waals surface area contributed by atoms with Crippen LogP contribution < -0.4 is 20.9 Å². The zero-order valence-corrected chi connectivity index (χ0v) is 20.3. The fourth-order valence-electron chi connectivity index (χ4n) is 4.30. The van der Waals surface area contributed by atoms with E-state index in [0.717, 1.165) is 13.1 Å². The Kier molecular flexibility index (Phi) is 6.54. The van der Waals surface area contributed by atoms with Crippen LogP contribution in [-0.2, 0) is 12.7 Å². The maximum atomic E-state index is 15.1. The fourth-order valence-corrected chi connectivity index (χ4v) is 4.51. The molecule has 0 aliphatic carbocycles. The maximum Gasteiger partial charge on any atom is 0.421 e. The topological polar surface area (TPSA) is 85.4 Å². The van der Waals surface area contributed by atoms with Crippen molar-refractivity contribution >= 4 is 46.3 Å². The van der Waals surface area contributed by atoms with Crippen molar-refractivity contribution in [1.82, 2.24) is 20.2 Å². The van der Waals surface area contributed by atoms with E-state index in [1.807, 2.05) is 11.9 Å². The molecule has 2 aliphatic rings. The highest BCUT2D eigenvalue weighted by Gasteiger charge is 2.36. The van der Waals surface area contributed by atoms with Crippen LogP contribution >= 0.6 is 11.6 Å². The van der Waals surface area contributed by atoms with Crippen molar-refractivity contribution in [3.8, 4) is 0 Å². The van der Waals surface area contributed by atoms with E-state index < -0.39 is 29.3 Å². The normalized spacial score (nSPS) is 15.9. The minimum Gasteiger partial charge on any atom is -0.367 e. The molecule has 3 N–H and O–H groups in total. The molecule has 0 unspecified atom stereocenters. The van der Waals surface area contributed by atoms with Gasteiger partial charge in [-0.15, -0.1) is 0 Å². The van der Waals surface area contributed by atoms with Gasteiger partial charge in [-0.25, -0.2) is 9.37 Å².